The molecule has 0 bridgehead atoms. The molecule has 0 aliphatic heterocycles. The lowest BCUT2D eigenvalue weighted by Crippen LogP contribution is -2.27. The molecule has 1 amide bonds. The summed E-state index contributed by atoms with van der Waals surface area (Å²) >= 11 is 0. The molecule has 2 N–H and O–H groups in total. The number of aryl methyl sites for hydroxylation is 1. The van der Waals surface area contributed by atoms with Crippen molar-refractivity contribution in [3.05, 3.63) is 41.7 Å². The van der Waals surface area contributed by atoms with Crippen LogP contribution >= 0.6 is 0 Å². The Balaban J connectivity index is 2.17. The Bertz CT molecular complexity index is 797. The van der Waals surface area contributed by atoms with Crippen molar-refractivity contribution in [2.24, 2.45) is 5.92 Å². The molecule has 0 atom stereocenters. The van der Waals surface area contributed by atoms with E-state index in [1.165, 1.54) is 24.3 Å². The Labute approximate surface area is 135 Å². The molecule has 0 fully saturated rings. The summed E-state index contributed by atoms with van der Waals surface area (Å²) in [6.45, 7) is 5.85. The number of anilines is 1. The van der Waals surface area contributed by atoms with Gasteiger partial charge in [-0.05, 0) is 31.0 Å². The third kappa shape index (κ3) is 4.64. The molecule has 1 aromatic heterocycles. The van der Waals surface area contributed by atoms with Crippen LogP contribution in [0.3, 0.4) is 0 Å². The Morgan fingerprint density at radius 1 is 1.30 bits per heavy atom. The highest BCUT2D eigenvalue weighted by Crippen LogP contribution is 2.14. The van der Waals surface area contributed by atoms with Gasteiger partial charge in [-0.1, -0.05) is 25.1 Å². The normalized spacial score (nSPS) is 11.7. The van der Waals surface area contributed by atoms with E-state index in [0.717, 1.165) is 0 Å². The predicted octanol–water partition coefficient (Wildman–Crippen LogP) is 2.17. The van der Waals surface area contributed by atoms with E-state index < -0.39 is 15.9 Å². The Kier molecular flexibility index (Phi) is 5.17. The first kappa shape index (κ1) is 17.2. The average molecular weight is 337 g/mol. The summed E-state index contributed by atoms with van der Waals surface area (Å²) in [6, 6.07) is 7.39. The van der Waals surface area contributed by atoms with Crippen molar-refractivity contribution in [3.63, 3.8) is 0 Å². The molecule has 0 aliphatic carbocycles. The summed E-state index contributed by atoms with van der Waals surface area (Å²) in [4.78, 5) is 12.2. The molecule has 0 saturated carbocycles. The molecule has 2 aromatic rings. The number of nitrogens with zero attached hydrogens (tertiary/aromatic N) is 1. The molecule has 8 heteroatoms. The Morgan fingerprint density at radius 2 is 2.04 bits per heavy atom. The number of benzene rings is 1. The third-order valence-electron chi connectivity index (χ3n) is 2.96. The van der Waals surface area contributed by atoms with Gasteiger partial charge in [0.1, 0.15) is 5.76 Å². The zero-order valence-corrected chi connectivity index (χ0v) is 14.0. The molecular weight excluding hydrogens is 318 g/mol. The van der Waals surface area contributed by atoms with Crippen molar-refractivity contribution in [1.29, 1.82) is 0 Å². The second kappa shape index (κ2) is 6.93. The van der Waals surface area contributed by atoms with Gasteiger partial charge in [-0.2, -0.15) is 0 Å². The van der Waals surface area contributed by atoms with E-state index in [0.29, 0.717) is 12.3 Å². The predicted molar refractivity (Wildman–Crippen MR) is 85.7 cm³/mol. The zero-order chi connectivity index (χ0) is 17.0. The van der Waals surface area contributed by atoms with E-state index in [-0.39, 0.29) is 22.2 Å². The summed E-state index contributed by atoms with van der Waals surface area (Å²) in [6.07, 6.45) is 0. The second-order valence-electron chi connectivity index (χ2n) is 5.55. The molecule has 124 valence electrons. The van der Waals surface area contributed by atoms with Crippen LogP contribution < -0.4 is 10.0 Å². The van der Waals surface area contributed by atoms with Crippen molar-refractivity contribution >= 4 is 21.7 Å². The molecule has 1 heterocycles. The number of carbonyl (C=O) groups excluding carboxylic acids is 1. The van der Waals surface area contributed by atoms with Crippen LogP contribution in [0.25, 0.3) is 0 Å². The van der Waals surface area contributed by atoms with E-state index in [1.54, 1.807) is 13.0 Å². The average Bonchev–Trinajstić information content (AvgIpc) is 2.90. The minimum absolute atomic E-state index is 0.0436. The van der Waals surface area contributed by atoms with Gasteiger partial charge in [-0.15, -0.1) is 0 Å². The maximum Gasteiger partial charge on any atom is 0.256 e. The Morgan fingerprint density at radius 3 is 2.65 bits per heavy atom. The lowest BCUT2D eigenvalue weighted by Gasteiger charge is -2.09. The molecule has 2 rings (SSSR count). The molecule has 0 saturated heterocycles. The van der Waals surface area contributed by atoms with Gasteiger partial charge in [-0.25, -0.2) is 13.1 Å². The molecule has 0 aliphatic rings. The first-order valence-electron chi connectivity index (χ1n) is 7.12. The number of aromatic nitrogens is 1. The summed E-state index contributed by atoms with van der Waals surface area (Å²) in [7, 11) is -3.64. The fourth-order valence-electron chi connectivity index (χ4n) is 1.78. The maximum absolute atomic E-state index is 12.2. The second-order valence-corrected chi connectivity index (χ2v) is 7.32. The van der Waals surface area contributed by atoms with Gasteiger partial charge in [0.15, 0.2) is 5.82 Å². The van der Waals surface area contributed by atoms with Gasteiger partial charge >= 0.3 is 0 Å². The van der Waals surface area contributed by atoms with Gasteiger partial charge in [0.2, 0.25) is 10.0 Å². The Hall–Kier alpha value is -2.19. The van der Waals surface area contributed by atoms with Gasteiger partial charge in [-0.3, -0.25) is 4.79 Å². The highest BCUT2D eigenvalue weighted by molar-refractivity contribution is 7.89. The first-order valence-corrected chi connectivity index (χ1v) is 8.60. The van der Waals surface area contributed by atoms with Crippen LogP contribution in [0.1, 0.15) is 30.0 Å². The molecule has 0 spiro atoms. The maximum atomic E-state index is 12.2. The van der Waals surface area contributed by atoms with E-state index in [1.807, 2.05) is 13.8 Å². The topological polar surface area (TPSA) is 101 Å². The monoisotopic (exact) mass is 337 g/mol. The van der Waals surface area contributed by atoms with Crippen molar-refractivity contribution in [2.75, 3.05) is 11.9 Å². The molecule has 23 heavy (non-hydrogen) atoms. The van der Waals surface area contributed by atoms with E-state index in [9.17, 15) is 13.2 Å². The zero-order valence-electron chi connectivity index (χ0n) is 13.2. The van der Waals surface area contributed by atoms with Crippen LogP contribution in [-0.4, -0.2) is 26.0 Å². The number of amides is 1. The summed E-state index contributed by atoms with van der Waals surface area (Å²) in [5.74, 6) is 0.569. The number of carbonyl (C=O) groups is 1. The highest BCUT2D eigenvalue weighted by atomic mass is 32.2. The van der Waals surface area contributed by atoms with E-state index >= 15 is 0 Å². The SMILES string of the molecule is Cc1cc(NC(=O)c2cccc(S(=O)(=O)NCC(C)C)c2)no1. The fraction of sp³-hybridized carbons (Fsp3) is 0.333. The van der Waals surface area contributed by atoms with Crippen LogP contribution in [0.4, 0.5) is 5.82 Å². The lowest BCUT2D eigenvalue weighted by molar-refractivity contribution is 0.102. The molecule has 0 unspecified atom stereocenters. The number of hydrogen-bond acceptors (Lipinski definition) is 5. The molecular formula is C15H19N3O4S. The molecule has 7 nitrogen and oxygen atoms in total. The van der Waals surface area contributed by atoms with Crippen molar-refractivity contribution in [1.82, 2.24) is 9.88 Å². The quantitative estimate of drug-likeness (QED) is 0.841. The molecule has 1 aromatic carbocycles. The van der Waals surface area contributed by atoms with Gasteiger partial charge < -0.3 is 9.84 Å². The minimum Gasteiger partial charge on any atom is -0.360 e. The van der Waals surface area contributed by atoms with E-state index in [4.69, 9.17) is 4.52 Å². The third-order valence-corrected chi connectivity index (χ3v) is 4.38. The van der Waals surface area contributed by atoms with Gasteiger partial charge in [0.05, 0.1) is 4.90 Å². The van der Waals surface area contributed by atoms with Crippen molar-refractivity contribution < 1.29 is 17.7 Å². The first-order chi connectivity index (χ1) is 10.8. The van der Waals surface area contributed by atoms with Gasteiger partial charge in [0.25, 0.3) is 5.91 Å². The van der Waals surface area contributed by atoms with Crippen LogP contribution in [-0.2, 0) is 10.0 Å². The van der Waals surface area contributed by atoms with E-state index in [2.05, 4.69) is 15.2 Å². The van der Waals surface area contributed by atoms with Crippen LogP contribution in [0, 0.1) is 12.8 Å². The van der Waals surface area contributed by atoms with Crippen LogP contribution in [0.15, 0.2) is 39.8 Å². The van der Waals surface area contributed by atoms with Crippen LogP contribution in [0.5, 0.6) is 0 Å². The molecule has 0 radical (unpaired) electrons. The van der Waals surface area contributed by atoms with Crippen molar-refractivity contribution in [2.45, 2.75) is 25.7 Å². The highest BCUT2D eigenvalue weighted by Gasteiger charge is 2.17. The number of nitrogens with one attached hydrogen (secondary N) is 2. The fourth-order valence-corrected chi connectivity index (χ4v) is 3.04. The van der Waals surface area contributed by atoms with Crippen LogP contribution in [0.2, 0.25) is 0 Å². The summed E-state index contributed by atoms with van der Waals surface area (Å²) in [5, 5.41) is 6.21. The van der Waals surface area contributed by atoms with Gasteiger partial charge in [0, 0.05) is 18.2 Å². The van der Waals surface area contributed by atoms with Crippen molar-refractivity contribution in [3.8, 4) is 0 Å². The summed E-state index contributed by atoms with van der Waals surface area (Å²) < 4.78 is 31.8. The summed E-state index contributed by atoms with van der Waals surface area (Å²) in [5.41, 5.74) is 0.220. The number of rotatable bonds is 6. The smallest absolute Gasteiger partial charge is 0.256 e. The lowest BCUT2D eigenvalue weighted by atomic mass is 10.2. The largest absolute Gasteiger partial charge is 0.360 e. The number of hydrogen-bond donors (Lipinski definition) is 2. The minimum atomic E-state index is -3.64. The number of sulfonamides is 1. The standard InChI is InChI=1S/C15H19N3O4S/c1-10(2)9-16-23(20,21)13-6-4-5-12(8-13)15(19)17-14-7-11(3)22-18-14/h4-8,10,16H,9H2,1-3H3,(H,17,18,19).